The van der Waals surface area contributed by atoms with Crippen LogP contribution in [0.3, 0.4) is 0 Å². The molecule has 0 heterocycles. The molecule has 0 rings (SSSR count). The maximum Gasteiger partial charge on any atom is 0.472 e. The van der Waals surface area contributed by atoms with Gasteiger partial charge in [-0.25, -0.2) is 4.57 Å². The van der Waals surface area contributed by atoms with E-state index < -0.39 is 26.5 Å². The predicted molar refractivity (Wildman–Crippen MR) is 224 cm³/mol. The van der Waals surface area contributed by atoms with Gasteiger partial charge in [0.1, 0.15) is 19.8 Å². The summed E-state index contributed by atoms with van der Waals surface area (Å²) in [6.07, 6.45) is 38.2. The first kappa shape index (κ1) is 52.8. The Labute approximate surface area is 333 Å². The van der Waals surface area contributed by atoms with Crippen LogP contribution in [0.2, 0.25) is 0 Å². The van der Waals surface area contributed by atoms with Crippen LogP contribution in [0.15, 0.2) is 12.2 Å². The quantitative estimate of drug-likeness (QED) is 0.0214. The van der Waals surface area contributed by atoms with Crippen LogP contribution in [0, 0.1) is 0 Å². The van der Waals surface area contributed by atoms with Crippen LogP contribution in [-0.4, -0.2) is 74.9 Å². The zero-order valence-electron chi connectivity index (χ0n) is 36.0. The molecule has 0 spiro atoms. The molecule has 10 heteroatoms. The third kappa shape index (κ3) is 40.4. The van der Waals surface area contributed by atoms with Gasteiger partial charge in [-0.2, -0.15) is 0 Å². The van der Waals surface area contributed by atoms with Crippen LogP contribution in [0.1, 0.15) is 206 Å². The zero-order chi connectivity index (χ0) is 40.0. The van der Waals surface area contributed by atoms with Gasteiger partial charge in [0, 0.05) is 12.8 Å². The maximum atomic E-state index is 12.7. The number of ether oxygens (including phenoxy) is 2. The molecule has 0 aliphatic carbocycles. The Hall–Kier alpha value is -1.25. The molecule has 1 N–H and O–H groups in total. The Morgan fingerprint density at radius 2 is 0.944 bits per heavy atom. The SMILES string of the molecule is CCCCCCCCCC/C=C\CCCCCC(=O)O[C@H](COC(=O)CCCCCCCCCCCCCCCCC)COP(=O)(O)OCC[N+](C)(C)C. The van der Waals surface area contributed by atoms with Gasteiger partial charge in [0.05, 0.1) is 27.7 Å². The van der Waals surface area contributed by atoms with Crippen molar-refractivity contribution in [3.05, 3.63) is 12.2 Å². The van der Waals surface area contributed by atoms with Crippen molar-refractivity contribution in [2.75, 3.05) is 47.5 Å². The van der Waals surface area contributed by atoms with Gasteiger partial charge in [-0.05, 0) is 38.5 Å². The summed E-state index contributed by atoms with van der Waals surface area (Å²) in [5, 5.41) is 0. The van der Waals surface area contributed by atoms with Crippen molar-refractivity contribution in [3.63, 3.8) is 0 Å². The summed E-state index contributed by atoms with van der Waals surface area (Å²) in [5.41, 5.74) is 0. The summed E-state index contributed by atoms with van der Waals surface area (Å²) < 4.78 is 34.3. The number of phosphoric acid groups is 1. The molecule has 0 bridgehead atoms. The lowest BCUT2D eigenvalue weighted by molar-refractivity contribution is -0.870. The minimum Gasteiger partial charge on any atom is -0.462 e. The third-order valence-corrected chi connectivity index (χ3v) is 10.8. The van der Waals surface area contributed by atoms with E-state index in [0.717, 1.165) is 44.9 Å². The number of hydrogen-bond acceptors (Lipinski definition) is 7. The van der Waals surface area contributed by atoms with E-state index in [4.69, 9.17) is 18.5 Å². The number of unbranched alkanes of at least 4 members (excludes halogenated alkanes) is 25. The van der Waals surface area contributed by atoms with Crippen molar-refractivity contribution in [2.24, 2.45) is 0 Å². The molecule has 0 aliphatic rings. The number of quaternary nitrogens is 1. The van der Waals surface area contributed by atoms with Crippen molar-refractivity contribution >= 4 is 19.8 Å². The lowest BCUT2D eigenvalue weighted by Gasteiger charge is -2.24. The number of carbonyl (C=O) groups is 2. The Bertz CT molecular complexity index is 938. The van der Waals surface area contributed by atoms with Gasteiger partial charge in [0.25, 0.3) is 0 Å². The van der Waals surface area contributed by atoms with Crippen molar-refractivity contribution in [1.29, 1.82) is 0 Å². The van der Waals surface area contributed by atoms with Crippen LogP contribution in [0.25, 0.3) is 0 Å². The van der Waals surface area contributed by atoms with E-state index in [1.54, 1.807) is 0 Å². The molecule has 54 heavy (non-hydrogen) atoms. The number of nitrogens with zero attached hydrogens (tertiary/aromatic N) is 1. The second-order valence-electron chi connectivity index (χ2n) is 16.4. The zero-order valence-corrected chi connectivity index (χ0v) is 36.9. The highest BCUT2D eigenvalue weighted by Crippen LogP contribution is 2.43. The first-order valence-electron chi connectivity index (χ1n) is 22.4. The van der Waals surface area contributed by atoms with Gasteiger partial charge < -0.3 is 18.9 Å². The maximum absolute atomic E-state index is 12.7. The van der Waals surface area contributed by atoms with E-state index in [1.807, 2.05) is 21.1 Å². The fourth-order valence-corrected chi connectivity index (χ4v) is 6.99. The number of likely N-dealkylation sites (N-methyl/N-ethyl adjacent to an activating group) is 1. The van der Waals surface area contributed by atoms with E-state index in [9.17, 15) is 19.0 Å². The molecule has 320 valence electrons. The van der Waals surface area contributed by atoms with E-state index >= 15 is 0 Å². The van der Waals surface area contributed by atoms with Gasteiger partial charge >= 0.3 is 19.8 Å². The molecule has 0 saturated carbocycles. The molecule has 9 nitrogen and oxygen atoms in total. The molecule has 0 fully saturated rings. The van der Waals surface area contributed by atoms with Gasteiger partial charge in [0.15, 0.2) is 6.10 Å². The number of hydrogen-bond donors (Lipinski definition) is 1. The largest absolute Gasteiger partial charge is 0.472 e. The minimum absolute atomic E-state index is 0.0321. The number of carbonyl (C=O) groups excluding carboxylic acids is 2. The van der Waals surface area contributed by atoms with Gasteiger partial charge in [-0.1, -0.05) is 167 Å². The summed E-state index contributed by atoms with van der Waals surface area (Å²) >= 11 is 0. The topological polar surface area (TPSA) is 108 Å². The molecule has 0 saturated heterocycles. The molecular formula is C44H87NO8P+. The van der Waals surface area contributed by atoms with E-state index in [2.05, 4.69) is 26.0 Å². The lowest BCUT2D eigenvalue weighted by Crippen LogP contribution is -2.37. The van der Waals surface area contributed by atoms with Crippen molar-refractivity contribution in [1.82, 2.24) is 0 Å². The second-order valence-corrected chi connectivity index (χ2v) is 17.9. The summed E-state index contributed by atoms with van der Waals surface area (Å²) in [6, 6.07) is 0. The first-order valence-corrected chi connectivity index (χ1v) is 23.9. The number of phosphoric ester groups is 1. The highest BCUT2D eigenvalue weighted by molar-refractivity contribution is 7.47. The lowest BCUT2D eigenvalue weighted by atomic mass is 10.0. The monoisotopic (exact) mass is 789 g/mol. The third-order valence-electron chi connectivity index (χ3n) is 9.80. The smallest absolute Gasteiger partial charge is 0.462 e. The highest BCUT2D eigenvalue weighted by Gasteiger charge is 2.27. The van der Waals surface area contributed by atoms with Crippen molar-refractivity contribution in [2.45, 2.75) is 213 Å². The number of allylic oxidation sites excluding steroid dienone is 2. The fourth-order valence-electron chi connectivity index (χ4n) is 6.24. The van der Waals surface area contributed by atoms with Crippen molar-refractivity contribution in [3.8, 4) is 0 Å². The molecule has 0 aromatic heterocycles. The summed E-state index contributed by atoms with van der Waals surface area (Å²) in [4.78, 5) is 35.3. The van der Waals surface area contributed by atoms with Crippen LogP contribution in [0.5, 0.6) is 0 Å². The molecule has 0 aliphatic heterocycles. The van der Waals surface area contributed by atoms with Gasteiger partial charge in [-0.15, -0.1) is 0 Å². The molecule has 0 aromatic carbocycles. The van der Waals surface area contributed by atoms with E-state index in [1.165, 1.54) is 128 Å². The normalized spacial score (nSPS) is 13.7. The molecule has 1 unspecified atom stereocenters. The molecule has 0 amide bonds. The van der Waals surface area contributed by atoms with Gasteiger partial charge in [0.2, 0.25) is 0 Å². The number of esters is 2. The van der Waals surface area contributed by atoms with Crippen LogP contribution >= 0.6 is 7.82 Å². The summed E-state index contributed by atoms with van der Waals surface area (Å²) in [5.74, 6) is -0.807. The average molecular weight is 789 g/mol. The summed E-state index contributed by atoms with van der Waals surface area (Å²) in [6.45, 7) is 4.43. The van der Waals surface area contributed by atoms with Crippen molar-refractivity contribution < 1.29 is 42.1 Å². The molecular weight excluding hydrogens is 701 g/mol. The molecule has 0 aromatic rings. The molecule has 2 atom stereocenters. The Morgan fingerprint density at radius 3 is 1.39 bits per heavy atom. The van der Waals surface area contributed by atoms with E-state index in [0.29, 0.717) is 23.9 Å². The van der Waals surface area contributed by atoms with Gasteiger partial charge in [-0.3, -0.25) is 18.6 Å². The van der Waals surface area contributed by atoms with Crippen LogP contribution < -0.4 is 0 Å². The Balaban J connectivity index is 4.35. The minimum atomic E-state index is -4.37. The highest BCUT2D eigenvalue weighted by atomic mass is 31.2. The van der Waals surface area contributed by atoms with E-state index in [-0.39, 0.29) is 25.6 Å². The second kappa shape index (κ2) is 37.3. The Morgan fingerprint density at radius 1 is 0.556 bits per heavy atom. The first-order chi connectivity index (χ1) is 26.0. The number of rotatable bonds is 41. The standard InChI is InChI=1S/C44H86NO8P/c1-6-8-10-12-14-16-18-20-22-24-26-28-30-32-34-36-43(46)50-40-42(41-52-54(48,49)51-39-38-45(3,4)5)53-44(47)37-35-33-31-29-27-25-23-21-19-17-15-13-11-9-7-2/h25,27,42H,6-24,26,28-41H2,1-5H3/p+1/b27-25-/t42-/m1/s1. The fraction of sp³-hybridized carbons (Fsp3) is 0.909. The molecule has 0 radical (unpaired) electrons. The predicted octanol–water partition coefficient (Wildman–Crippen LogP) is 12.6. The average Bonchev–Trinajstić information content (AvgIpc) is 3.12. The summed E-state index contributed by atoms with van der Waals surface area (Å²) in [7, 11) is 1.48. The van der Waals surface area contributed by atoms with Crippen LogP contribution in [-0.2, 0) is 32.7 Å². The Kier molecular flexibility index (Phi) is 36.5. The van der Waals surface area contributed by atoms with Crippen LogP contribution in [0.4, 0.5) is 0 Å².